The first-order chi connectivity index (χ1) is 11.4. The maximum atomic E-state index is 12.9. The van der Waals surface area contributed by atoms with Gasteiger partial charge in [-0.2, -0.15) is 5.10 Å². The standard InChI is InChI=1S/C17H24N4O3/c1-10-13(12(3)24-19-10)9-15(22)21-8-6-7-14(21)16-11(2)18-20(4)17(16)23-5/h14H,6-9H2,1-5H3/t14-/m0/s1. The molecule has 0 N–H and O–H groups in total. The third-order valence-corrected chi connectivity index (χ3v) is 4.82. The lowest BCUT2D eigenvalue weighted by Gasteiger charge is -2.25. The summed E-state index contributed by atoms with van der Waals surface area (Å²) in [6.07, 6.45) is 2.23. The van der Waals surface area contributed by atoms with Crippen LogP contribution in [-0.4, -0.2) is 39.4 Å². The van der Waals surface area contributed by atoms with E-state index in [0.717, 1.165) is 47.8 Å². The fourth-order valence-corrected chi connectivity index (χ4v) is 3.65. The molecule has 0 aromatic carbocycles. The molecule has 1 amide bonds. The average Bonchev–Trinajstić information content (AvgIpc) is 3.20. The Morgan fingerprint density at radius 3 is 2.71 bits per heavy atom. The highest BCUT2D eigenvalue weighted by atomic mass is 16.5. The smallest absolute Gasteiger partial charge is 0.227 e. The lowest BCUT2D eigenvalue weighted by molar-refractivity contribution is -0.131. The number of amides is 1. The van der Waals surface area contributed by atoms with Crippen molar-refractivity contribution in [2.75, 3.05) is 13.7 Å². The van der Waals surface area contributed by atoms with Gasteiger partial charge in [0, 0.05) is 19.2 Å². The van der Waals surface area contributed by atoms with Crippen molar-refractivity contribution in [2.45, 2.75) is 46.1 Å². The van der Waals surface area contributed by atoms with Gasteiger partial charge in [-0.1, -0.05) is 5.16 Å². The number of hydrogen-bond acceptors (Lipinski definition) is 5. The van der Waals surface area contributed by atoms with Gasteiger partial charge in [0.25, 0.3) is 0 Å². The van der Waals surface area contributed by atoms with Crippen molar-refractivity contribution in [3.63, 3.8) is 0 Å². The molecule has 0 unspecified atom stereocenters. The normalized spacial score (nSPS) is 17.5. The highest BCUT2D eigenvalue weighted by Gasteiger charge is 2.35. The highest BCUT2D eigenvalue weighted by Crippen LogP contribution is 2.39. The Kier molecular flexibility index (Phi) is 4.34. The van der Waals surface area contributed by atoms with Crippen molar-refractivity contribution in [3.05, 3.63) is 28.3 Å². The van der Waals surface area contributed by atoms with E-state index in [-0.39, 0.29) is 11.9 Å². The number of aryl methyl sites for hydroxylation is 4. The summed E-state index contributed by atoms with van der Waals surface area (Å²) in [6, 6.07) is 0.0154. The zero-order valence-electron chi connectivity index (χ0n) is 14.9. The number of carbonyl (C=O) groups is 1. The number of aromatic nitrogens is 3. The zero-order valence-corrected chi connectivity index (χ0v) is 14.9. The van der Waals surface area contributed by atoms with E-state index in [1.807, 2.05) is 32.7 Å². The summed E-state index contributed by atoms with van der Waals surface area (Å²) in [7, 11) is 3.51. The monoisotopic (exact) mass is 332 g/mol. The molecule has 2 aromatic rings. The Balaban J connectivity index is 1.87. The number of rotatable bonds is 4. The van der Waals surface area contributed by atoms with E-state index in [4.69, 9.17) is 9.26 Å². The molecule has 1 saturated heterocycles. The van der Waals surface area contributed by atoms with E-state index in [0.29, 0.717) is 12.2 Å². The van der Waals surface area contributed by atoms with Gasteiger partial charge < -0.3 is 14.2 Å². The third kappa shape index (κ3) is 2.68. The Morgan fingerprint density at radius 1 is 1.33 bits per heavy atom. The average molecular weight is 332 g/mol. The Bertz CT molecular complexity index is 743. The van der Waals surface area contributed by atoms with Gasteiger partial charge in [-0.05, 0) is 33.6 Å². The van der Waals surface area contributed by atoms with Crippen molar-refractivity contribution in [2.24, 2.45) is 7.05 Å². The minimum atomic E-state index is 0.0154. The molecule has 130 valence electrons. The summed E-state index contributed by atoms with van der Waals surface area (Å²) < 4.78 is 12.4. The van der Waals surface area contributed by atoms with Gasteiger partial charge >= 0.3 is 0 Å². The second-order valence-electron chi connectivity index (χ2n) is 6.36. The lowest BCUT2D eigenvalue weighted by atomic mass is 10.0. The predicted octanol–water partition coefficient (Wildman–Crippen LogP) is 2.25. The van der Waals surface area contributed by atoms with Crippen LogP contribution in [-0.2, 0) is 18.3 Å². The van der Waals surface area contributed by atoms with Crippen molar-refractivity contribution in [1.82, 2.24) is 19.8 Å². The number of nitrogens with zero attached hydrogens (tertiary/aromatic N) is 4. The maximum Gasteiger partial charge on any atom is 0.227 e. The minimum Gasteiger partial charge on any atom is -0.481 e. The molecule has 24 heavy (non-hydrogen) atoms. The van der Waals surface area contributed by atoms with Crippen LogP contribution in [0.5, 0.6) is 5.88 Å². The predicted molar refractivity (Wildman–Crippen MR) is 87.9 cm³/mol. The van der Waals surface area contributed by atoms with Crippen LogP contribution in [0, 0.1) is 20.8 Å². The van der Waals surface area contributed by atoms with E-state index in [2.05, 4.69) is 10.3 Å². The van der Waals surface area contributed by atoms with E-state index in [1.54, 1.807) is 11.8 Å². The van der Waals surface area contributed by atoms with Crippen LogP contribution in [0.15, 0.2) is 4.52 Å². The number of ether oxygens (including phenoxy) is 1. The molecule has 0 aliphatic carbocycles. The number of hydrogen-bond donors (Lipinski definition) is 0. The largest absolute Gasteiger partial charge is 0.481 e. The first-order valence-electron chi connectivity index (χ1n) is 8.22. The third-order valence-electron chi connectivity index (χ3n) is 4.82. The molecule has 7 heteroatoms. The van der Waals surface area contributed by atoms with Gasteiger partial charge in [0.05, 0.1) is 36.5 Å². The molecule has 1 aliphatic rings. The number of carbonyl (C=O) groups excluding carboxylic acids is 1. The van der Waals surface area contributed by atoms with Crippen LogP contribution in [0.1, 0.15) is 47.2 Å². The van der Waals surface area contributed by atoms with Crippen LogP contribution in [0.3, 0.4) is 0 Å². The fraction of sp³-hybridized carbons (Fsp3) is 0.588. The quantitative estimate of drug-likeness (QED) is 0.858. The van der Waals surface area contributed by atoms with Crippen molar-refractivity contribution < 1.29 is 14.1 Å². The number of likely N-dealkylation sites (tertiary alicyclic amines) is 1. The minimum absolute atomic E-state index is 0.0154. The molecule has 2 aromatic heterocycles. The molecule has 3 rings (SSSR count). The van der Waals surface area contributed by atoms with E-state index in [1.165, 1.54) is 0 Å². The summed E-state index contributed by atoms with van der Waals surface area (Å²) in [5, 5.41) is 8.39. The Hall–Kier alpha value is -2.31. The Labute approximate surface area is 141 Å². The number of methoxy groups -OCH3 is 1. The molecule has 0 radical (unpaired) electrons. The van der Waals surface area contributed by atoms with Gasteiger partial charge in [-0.25, -0.2) is 4.68 Å². The Morgan fingerprint density at radius 2 is 2.08 bits per heavy atom. The van der Waals surface area contributed by atoms with E-state index < -0.39 is 0 Å². The maximum absolute atomic E-state index is 12.9. The van der Waals surface area contributed by atoms with Crippen molar-refractivity contribution in [3.8, 4) is 5.88 Å². The summed E-state index contributed by atoms with van der Waals surface area (Å²) in [5.41, 5.74) is 3.60. The molecule has 0 bridgehead atoms. The topological polar surface area (TPSA) is 73.4 Å². The molecule has 0 spiro atoms. The zero-order chi connectivity index (χ0) is 17.4. The van der Waals surface area contributed by atoms with Gasteiger partial charge in [0.1, 0.15) is 5.76 Å². The van der Waals surface area contributed by atoms with Crippen LogP contribution in [0.2, 0.25) is 0 Å². The van der Waals surface area contributed by atoms with Gasteiger partial charge in [-0.3, -0.25) is 4.79 Å². The van der Waals surface area contributed by atoms with Crippen LogP contribution >= 0.6 is 0 Å². The molecule has 7 nitrogen and oxygen atoms in total. The first-order valence-corrected chi connectivity index (χ1v) is 8.22. The van der Waals surface area contributed by atoms with Gasteiger partial charge in [0.15, 0.2) is 0 Å². The molecule has 1 atom stereocenters. The molecular weight excluding hydrogens is 308 g/mol. The van der Waals surface area contributed by atoms with Crippen molar-refractivity contribution in [1.29, 1.82) is 0 Å². The van der Waals surface area contributed by atoms with Gasteiger partial charge in [-0.15, -0.1) is 0 Å². The molecule has 1 fully saturated rings. The second kappa shape index (κ2) is 6.30. The van der Waals surface area contributed by atoms with Crippen molar-refractivity contribution >= 4 is 5.91 Å². The molecule has 0 saturated carbocycles. The highest BCUT2D eigenvalue weighted by molar-refractivity contribution is 5.80. The summed E-state index contributed by atoms with van der Waals surface area (Å²) in [4.78, 5) is 14.8. The molecule has 1 aliphatic heterocycles. The van der Waals surface area contributed by atoms with Crippen LogP contribution < -0.4 is 4.74 Å². The summed E-state index contributed by atoms with van der Waals surface area (Å²) >= 11 is 0. The SMILES string of the molecule is COc1c([C@@H]2CCCN2C(=O)Cc2c(C)noc2C)c(C)nn1C. The molecule has 3 heterocycles. The van der Waals surface area contributed by atoms with Gasteiger partial charge in [0.2, 0.25) is 11.8 Å². The van der Waals surface area contributed by atoms with Crippen LogP contribution in [0.4, 0.5) is 0 Å². The summed E-state index contributed by atoms with van der Waals surface area (Å²) in [5.74, 6) is 1.54. The van der Waals surface area contributed by atoms with E-state index >= 15 is 0 Å². The fourth-order valence-electron chi connectivity index (χ4n) is 3.65. The first kappa shape index (κ1) is 16.5. The molecular formula is C17H24N4O3. The second-order valence-corrected chi connectivity index (χ2v) is 6.36. The van der Waals surface area contributed by atoms with E-state index in [9.17, 15) is 4.79 Å². The van der Waals surface area contributed by atoms with Crippen LogP contribution in [0.25, 0.3) is 0 Å². The lowest BCUT2D eigenvalue weighted by Crippen LogP contribution is -2.32. The summed E-state index contributed by atoms with van der Waals surface area (Å²) in [6.45, 7) is 6.44.